The molecule has 114 valence electrons. The highest BCUT2D eigenvalue weighted by molar-refractivity contribution is 6.32. The molecule has 0 aromatic heterocycles. The summed E-state index contributed by atoms with van der Waals surface area (Å²) >= 11 is 6.21. The zero-order chi connectivity index (χ0) is 15.5. The van der Waals surface area contributed by atoms with Crippen molar-refractivity contribution in [2.45, 2.75) is 39.4 Å². The molecular formula is C16H19ClO4. The lowest BCUT2D eigenvalue weighted by molar-refractivity contribution is -0.165. The number of halogens is 1. The van der Waals surface area contributed by atoms with Crippen molar-refractivity contribution in [3.63, 3.8) is 0 Å². The Balaban J connectivity index is 2.47. The Morgan fingerprint density at radius 1 is 1.19 bits per heavy atom. The molecule has 0 atom stereocenters. The van der Waals surface area contributed by atoms with Crippen LogP contribution in [0.15, 0.2) is 30.0 Å². The van der Waals surface area contributed by atoms with Crippen molar-refractivity contribution in [1.29, 1.82) is 0 Å². The topological polar surface area (TPSA) is 44.8 Å². The summed E-state index contributed by atoms with van der Waals surface area (Å²) in [7, 11) is 0. The summed E-state index contributed by atoms with van der Waals surface area (Å²) in [4.78, 5) is 12.1. The number of ether oxygens (including phenoxy) is 3. The Hall–Kier alpha value is -1.68. The summed E-state index contributed by atoms with van der Waals surface area (Å²) in [6, 6.07) is 7.19. The lowest BCUT2D eigenvalue weighted by Crippen LogP contribution is -2.29. The number of esters is 1. The van der Waals surface area contributed by atoms with E-state index in [9.17, 15) is 4.79 Å². The molecule has 1 aliphatic rings. The third kappa shape index (κ3) is 3.00. The maximum Gasteiger partial charge on any atom is 0.377 e. The largest absolute Gasteiger partial charge is 0.460 e. The van der Waals surface area contributed by atoms with Gasteiger partial charge < -0.3 is 14.2 Å². The first-order valence-electron chi connectivity index (χ1n) is 7.11. The van der Waals surface area contributed by atoms with Crippen LogP contribution in [0.2, 0.25) is 5.02 Å². The minimum absolute atomic E-state index is 0.0913. The van der Waals surface area contributed by atoms with Crippen LogP contribution in [0.4, 0.5) is 0 Å². The first-order valence-corrected chi connectivity index (χ1v) is 7.49. The summed E-state index contributed by atoms with van der Waals surface area (Å²) < 4.78 is 16.8. The van der Waals surface area contributed by atoms with Crippen LogP contribution in [-0.4, -0.2) is 18.4 Å². The van der Waals surface area contributed by atoms with Gasteiger partial charge in [0.1, 0.15) is 0 Å². The molecule has 0 amide bonds. The quantitative estimate of drug-likeness (QED) is 0.767. The highest BCUT2D eigenvalue weighted by Crippen LogP contribution is 2.42. The van der Waals surface area contributed by atoms with Crippen LogP contribution in [0.3, 0.4) is 0 Å². The number of hydrogen-bond donors (Lipinski definition) is 0. The average Bonchev–Trinajstić information content (AvgIpc) is 2.88. The van der Waals surface area contributed by atoms with E-state index in [1.54, 1.807) is 19.1 Å². The van der Waals surface area contributed by atoms with E-state index in [4.69, 9.17) is 25.8 Å². The molecule has 0 fully saturated rings. The molecule has 0 unspecified atom stereocenters. The average molecular weight is 311 g/mol. The lowest BCUT2D eigenvalue weighted by Gasteiger charge is -2.26. The molecule has 1 heterocycles. The molecule has 1 aromatic carbocycles. The minimum atomic E-state index is -0.837. The Labute approximate surface area is 129 Å². The third-order valence-corrected chi connectivity index (χ3v) is 3.77. The second kappa shape index (κ2) is 6.39. The van der Waals surface area contributed by atoms with Crippen LogP contribution in [0.25, 0.3) is 5.76 Å². The molecule has 21 heavy (non-hydrogen) atoms. The molecule has 0 radical (unpaired) electrons. The van der Waals surface area contributed by atoms with E-state index in [1.165, 1.54) is 0 Å². The van der Waals surface area contributed by atoms with E-state index in [1.807, 2.05) is 26.0 Å². The summed E-state index contributed by atoms with van der Waals surface area (Å²) in [6.45, 7) is 5.91. The summed E-state index contributed by atoms with van der Waals surface area (Å²) in [5, 5.41) is 0.501. The van der Waals surface area contributed by atoms with Crippen molar-refractivity contribution in [3.05, 3.63) is 40.6 Å². The molecule has 5 heteroatoms. The van der Waals surface area contributed by atoms with Gasteiger partial charge in [-0.25, -0.2) is 4.79 Å². The number of carbonyl (C=O) groups excluding carboxylic acids is 1. The Morgan fingerprint density at radius 3 is 2.43 bits per heavy atom. The predicted octanol–water partition coefficient (Wildman–Crippen LogP) is 4.13. The van der Waals surface area contributed by atoms with Crippen molar-refractivity contribution in [1.82, 2.24) is 0 Å². The molecule has 1 aliphatic heterocycles. The van der Waals surface area contributed by atoms with Crippen molar-refractivity contribution >= 4 is 23.3 Å². The normalized spacial score (nSPS) is 16.4. The van der Waals surface area contributed by atoms with Crippen LogP contribution in [-0.2, 0) is 19.0 Å². The molecular weight excluding hydrogens is 292 g/mol. The lowest BCUT2D eigenvalue weighted by atomic mass is 10.1. The maximum absolute atomic E-state index is 12.1. The standard InChI is InChI=1S/C16H19ClO4/c1-4-16(5-2)20-13(11-9-7-8-10-12(11)17)14(21-16)15(18)19-6-3/h7-10H,4-6H2,1-3H3. The van der Waals surface area contributed by atoms with Gasteiger partial charge in [0.25, 0.3) is 11.5 Å². The zero-order valence-corrected chi connectivity index (χ0v) is 13.2. The molecule has 0 saturated carbocycles. The second-order valence-electron chi connectivity index (χ2n) is 4.68. The van der Waals surface area contributed by atoms with E-state index in [0.29, 0.717) is 29.2 Å². The van der Waals surface area contributed by atoms with E-state index in [0.717, 1.165) is 0 Å². The Morgan fingerprint density at radius 2 is 1.86 bits per heavy atom. The molecule has 2 rings (SSSR count). The van der Waals surface area contributed by atoms with E-state index < -0.39 is 11.8 Å². The fraction of sp³-hybridized carbons (Fsp3) is 0.438. The molecule has 0 spiro atoms. The molecule has 1 aromatic rings. The molecule has 4 nitrogen and oxygen atoms in total. The van der Waals surface area contributed by atoms with Crippen molar-refractivity contribution in [2.75, 3.05) is 6.61 Å². The first-order chi connectivity index (χ1) is 10.1. The molecule has 0 bridgehead atoms. The SMILES string of the molecule is CCOC(=O)C1=C(c2ccccc2Cl)OC(CC)(CC)O1. The van der Waals surface area contributed by atoms with Crippen LogP contribution in [0, 0.1) is 0 Å². The van der Waals surface area contributed by atoms with Crippen molar-refractivity contribution < 1.29 is 19.0 Å². The van der Waals surface area contributed by atoms with Gasteiger partial charge >= 0.3 is 5.97 Å². The number of hydrogen-bond acceptors (Lipinski definition) is 4. The number of benzene rings is 1. The Kier molecular flexibility index (Phi) is 4.78. The highest BCUT2D eigenvalue weighted by Gasteiger charge is 2.44. The van der Waals surface area contributed by atoms with Gasteiger partial charge in [-0.1, -0.05) is 37.6 Å². The van der Waals surface area contributed by atoms with Crippen LogP contribution >= 0.6 is 11.6 Å². The van der Waals surface area contributed by atoms with Gasteiger partial charge in [-0.15, -0.1) is 0 Å². The van der Waals surface area contributed by atoms with E-state index in [-0.39, 0.29) is 12.4 Å². The van der Waals surface area contributed by atoms with Gasteiger partial charge in [-0.2, -0.15) is 0 Å². The van der Waals surface area contributed by atoms with Gasteiger partial charge in [0, 0.05) is 18.4 Å². The molecule has 0 saturated heterocycles. The fourth-order valence-corrected chi connectivity index (χ4v) is 2.40. The summed E-state index contributed by atoms with van der Waals surface area (Å²) in [6.07, 6.45) is 1.22. The predicted molar refractivity (Wildman–Crippen MR) is 80.5 cm³/mol. The van der Waals surface area contributed by atoms with Gasteiger partial charge in [0.05, 0.1) is 11.6 Å². The van der Waals surface area contributed by atoms with E-state index in [2.05, 4.69) is 0 Å². The highest BCUT2D eigenvalue weighted by atomic mass is 35.5. The monoisotopic (exact) mass is 310 g/mol. The van der Waals surface area contributed by atoms with Crippen molar-refractivity contribution in [3.8, 4) is 0 Å². The zero-order valence-electron chi connectivity index (χ0n) is 12.4. The van der Waals surface area contributed by atoms with Crippen LogP contribution in [0.1, 0.15) is 39.2 Å². The van der Waals surface area contributed by atoms with Crippen molar-refractivity contribution in [2.24, 2.45) is 0 Å². The van der Waals surface area contributed by atoms with Crippen LogP contribution < -0.4 is 0 Å². The second-order valence-corrected chi connectivity index (χ2v) is 5.09. The molecule has 0 aliphatic carbocycles. The van der Waals surface area contributed by atoms with Gasteiger partial charge in [-0.05, 0) is 19.1 Å². The number of carbonyl (C=O) groups is 1. The van der Waals surface area contributed by atoms with Gasteiger partial charge in [0.2, 0.25) is 0 Å². The van der Waals surface area contributed by atoms with Crippen LogP contribution in [0.5, 0.6) is 0 Å². The summed E-state index contributed by atoms with van der Waals surface area (Å²) in [5.41, 5.74) is 0.631. The van der Waals surface area contributed by atoms with Gasteiger partial charge in [0.15, 0.2) is 5.76 Å². The third-order valence-electron chi connectivity index (χ3n) is 3.44. The smallest absolute Gasteiger partial charge is 0.377 e. The fourth-order valence-electron chi connectivity index (χ4n) is 2.18. The van der Waals surface area contributed by atoms with E-state index >= 15 is 0 Å². The number of rotatable bonds is 5. The van der Waals surface area contributed by atoms with Gasteiger partial charge in [-0.3, -0.25) is 0 Å². The molecule has 0 N–H and O–H groups in total. The Bertz CT molecular complexity index is 561. The summed E-state index contributed by atoms with van der Waals surface area (Å²) in [5.74, 6) is -0.927. The maximum atomic E-state index is 12.1. The minimum Gasteiger partial charge on any atom is -0.460 e. The first kappa shape index (κ1) is 15.7.